The van der Waals surface area contributed by atoms with Gasteiger partial charge in [-0.2, -0.15) is 0 Å². The highest BCUT2D eigenvalue weighted by molar-refractivity contribution is 5.96. The molecule has 1 heteroatoms. The van der Waals surface area contributed by atoms with Crippen LogP contribution in [0.2, 0.25) is 0 Å². The average Bonchev–Trinajstić information content (AvgIpc) is 4.18. The Labute approximate surface area is 395 Å². The lowest BCUT2D eigenvalue weighted by atomic mass is 9.67. The monoisotopic (exact) mass is 859 g/mol. The quantitative estimate of drug-likeness (QED) is 0.161. The minimum absolute atomic E-state index is 0.0808. The van der Waals surface area contributed by atoms with Gasteiger partial charge in [-0.25, -0.2) is 0 Å². The van der Waals surface area contributed by atoms with Crippen LogP contribution in [0.15, 0.2) is 206 Å². The molecule has 0 radical (unpaired) electrons. The predicted octanol–water partition coefficient (Wildman–Crippen LogP) is 17.2. The van der Waals surface area contributed by atoms with Crippen LogP contribution in [0, 0.1) is 11.8 Å². The molecular weight excluding hydrogens is 807 g/mol. The Hall–Kier alpha value is -7.22. The van der Waals surface area contributed by atoms with E-state index in [1.165, 1.54) is 126 Å². The molecule has 9 aromatic rings. The van der Waals surface area contributed by atoms with Crippen LogP contribution in [0.1, 0.15) is 85.4 Å². The minimum atomic E-state index is -0.249. The molecule has 5 aliphatic carbocycles. The van der Waals surface area contributed by atoms with E-state index in [1.54, 1.807) is 5.56 Å². The second-order valence-electron chi connectivity index (χ2n) is 20.9. The molecule has 0 amide bonds. The zero-order valence-corrected chi connectivity index (χ0v) is 38.6. The van der Waals surface area contributed by atoms with Crippen LogP contribution >= 0.6 is 0 Å². The fourth-order valence-electron chi connectivity index (χ4n) is 14.5. The highest BCUT2D eigenvalue weighted by atomic mass is 15.1. The third-order valence-electron chi connectivity index (χ3n) is 17.4. The molecule has 0 aliphatic heterocycles. The van der Waals surface area contributed by atoms with Gasteiger partial charge in [0.25, 0.3) is 0 Å². The summed E-state index contributed by atoms with van der Waals surface area (Å²) in [7, 11) is 0. The number of para-hydroxylation sites is 1. The Kier molecular flexibility index (Phi) is 8.23. The van der Waals surface area contributed by atoms with Gasteiger partial charge in [0, 0.05) is 33.2 Å². The summed E-state index contributed by atoms with van der Waals surface area (Å²) in [5.74, 6) is 1.50. The molecule has 1 spiro atoms. The molecule has 4 unspecified atom stereocenters. The number of nitrogens with zero attached hydrogens (tertiary/aromatic N) is 1. The first-order valence-electron chi connectivity index (χ1n) is 24.6. The van der Waals surface area contributed by atoms with Crippen molar-refractivity contribution in [2.45, 2.75) is 62.7 Å². The number of anilines is 3. The maximum atomic E-state index is 2.61. The fourth-order valence-corrected chi connectivity index (χ4v) is 14.5. The zero-order valence-electron chi connectivity index (χ0n) is 38.6. The highest BCUT2D eigenvalue weighted by Crippen LogP contribution is 2.66. The van der Waals surface area contributed by atoms with E-state index in [0.717, 1.165) is 11.6 Å². The Bertz CT molecular complexity index is 3480. The SMILES string of the molecule is CC1(C)c2ccccc2-c2cccc(-c3ccccc3N(c3ccc(-c4ccc5c(c4)C(C)(c4ccccc4)c4ccccc4-5)cc3)c3ccc4c(c3)C3(CC5CCC3C5)c3ccccc3-4)c21. The first-order valence-corrected chi connectivity index (χ1v) is 24.6. The van der Waals surface area contributed by atoms with Crippen molar-refractivity contribution in [1.82, 2.24) is 0 Å². The molecule has 9 aromatic carbocycles. The van der Waals surface area contributed by atoms with Crippen molar-refractivity contribution in [3.05, 3.63) is 245 Å². The van der Waals surface area contributed by atoms with E-state index in [9.17, 15) is 0 Å². The summed E-state index contributed by atoms with van der Waals surface area (Å²) in [4.78, 5) is 2.57. The summed E-state index contributed by atoms with van der Waals surface area (Å²) in [5.41, 5.74) is 26.5. The molecule has 0 aromatic heterocycles. The van der Waals surface area contributed by atoms with Gasteiger partial charge in [-0.15, -0.1) is 0 Å². The predicted molar refractivity (Wildman–Crippen MR) is 279 cm³/mol. The number of benzene rings is 9. The van der Waals surface area contributed by atoms with Crippen LogP contribution in [0.3, 0.4) is 0 Å². The van der Waals surface area contributed by atoms with Crippen LogP contribution < -0.4 is 4.90 Å². The smallest absolute Gasteiger partial charge is 0.0540 e. The molecule has 2 fully saturated rings. The molecule has 4 atom stereocenters. The van der Waals surface area contributed by atoms with Crippen molar-refractivity contribution in [2.24, 2.45) is 11.8 Å². The molecule has 0 heterocycles. The Morgan fingerprint density at radius 2 is 0.955 bits per heavy atom. The van der Waals surface area contributed by atoms with Crippen LogP contribution in [0.5, 0.6) is 0 Å². The zero-order chi connectivity index (χ0) is 44.6. The molecular formula is C66H53N. The van der Waals surface area contributed by atoms with Crippen molar-refractivity contribution in [2.75, 3.05) is 4.90 Å². The topological polar surface area (TPSA) is 3.24 Å². The lowest BCUT2D eigenvalue weighted by Crippen LogP contribution is -2.32. The summed E-state index contributed by atoms with van der Waals surface area (Å²) in [6, 6.07) is 78.7. The lowest BCUT2D eigenvalue weighted by Gasteiger charge is -2.37. The van der Waals surface area contributed by atoms with Gasteiger partial charge >= 0.3 is 0 Å². The van der Waals surface area contributed by atoms with Gasteiger partial charge in [-0.3, -0.25) is 0 Å². The van der Waals surface area contributed by atoms with Crippen LogP contribution in [0.4, 0.5) is 17.1 Å². The van der Waals surface area contributed by atoms with Crippen molar-refractivity contribution in [3.8, 4) is 55.6 Å². The summed E-state index contributed by atoms with van der Waals surface area (Å²) < 4.78 is 0. The summed E-state index contributed by atoms with van der Waals surface area (Å²) >= 11 is 0. The van der Waals surface area contributed by atoms with Gasteiger partial charge in [-0.05, 0) is 163 Å². The highest BCUT2D eigenvalue weighted by Gasteiger charge is 2.57. The summed E-state index contributed by atoms with van der Waals surface area (Å²) in [6.07, 6.45) is 5.31. The fraction of sp³-hybridized carbons (Fsp3) is 0.182. The molecule has 2 bridgehead atoms. The van der Waals surface area contributed by atoms with E-state index in [2.05, 4.69) is 232 Å². The first kappa shape index (κ1) is 39.0. The van der Waals surface area contributed by atoms with Crippen molar-refractivity contribution < 1.29 is 0 Å². The molecule has 2 saturated carbocycles. The largest absolute Gasteiger partial charge is 0.310 e. The van der Waals surface area contributed by atoms with Gasteiger partial charge in [0.05, 0.1) is 5.69 Å². The molecule has 5 aliphatic rings. The van der Waals surface area contributed by atoms with Crippen molar-refractivity contribution in [3.63, 3.8) is 0 Å². The molecule has 67 heavy (non-hydrogen) atoms. The number of fused-ring (bicyclic) bond motifs is 14. The first-order chi connectivity index (χ1) is 32.8. The third-order valence-corrected chi connectivity index (χ3v) is 17.4. The average molecular weight is 860 g/mol. The lowest BCUT2D eigenvalue weighted by molar-refractivity contribution is 0.327. The third kappa shape index (κ3) is 5.32. The van der Waals surface area contributed by atoms with Crippen LogP contribution in [-0.4, -0.2) is 0 Å². The maximum Gasteiger partial charge on any atom is 0.0540 e. The van der Waals surface area contributed by atoms with Crippen molar-refractivity contribution >= 4 is 17.1 Å². The molecule has 1 nitrogen and oxygen atoms in total. The summed E-state index contributed by atoms with van der Waals surface area (Å²) in [5, 5.41) is 0. The molecule has 14 rings (SSSR count). The Morgan fingerprint density at radius 3 is 1.69 bits per heavy atom. The second kappa shape index (κ2) is 14.1. The van der Waals surface area contributed by atoms with E-state index in [0.29, 0.717) is 5.92 Å². The second-order valence-corrected chi connectivity index (χ2v) is 20.9. The maximum absolute atomic E-state index is 2.61. The number of hydrogen-bond acceptors (Lipinski definition) is 1. The van der Waals surface area contributed by atoms with Gasteiger partial charge in [-0.1, -0.05) is 190 Å². The normalized spacial score (nSPS) is 21.7. The number of rotatable bonds is 6. The van der Waals surface area contributed by atoms with Crippen LogP contribution in [0.25, 0.3) is 55.6 Å². The van der Waals surface area contributed by atoms with E-state index in [1.807, 2.05) is 0 Å². The van der Waals surface area contributed by atoms with E-state index >= 15 is 0 Å². The molecule has 0 N–H and O–H groups in total. The molecule has 0 saturated heterocycles. The standard InChI is InChI=1S/C66H53N/c1-64(2)57-24-11-7-20-51(57)55-22-15-23-56(63(55)64)54-21-10-14-27-62(54)67(48-35-37-53-50-19-9-13-26-59(50)66(61(53)40-48)41-42-28-32-46(66)38-42)47-33-29-43(30-34-47)44-31-36-52-49-18-8-12-25-58(49)65(3,60(52)39-44)45-16-5-4-6-17-45/h4-27,29-31,33-37,39-40,42,46H,28,32,38,41H2,1-3H3. The van der Waals surface area contributed by atoms with Gasteiger partial charge < -0.3 is 4.90 Å². The van der Waals surface area contributed by atoms with Gasteiger partial charge in [0.2, 0.25) is 0 Å². The molecule has 322 valence electrons. The van der Waals surface area contributed by atoms with Crippen LogP contribution in [-0.2, 0) is 16.2 Å². The van der Waals surface area contributed by atoms with E-state index in [4.69, 9.17) is 0 Å². The Balaban J connectivity index is 0.940. The Morgan fingerprint density at radius 1 is 0.403 bits per heavy atom. The summed E-state index contributed by atoms with van der Waals surface area (Å²) in [6.45, 7) is 7.23. The van der Waals surface area contributed by atoms with Gasteiger partial charge in [0.1, 0.15) is 0 Å². The van der Waals surface area contributed by atoms with E-state index < -0.39 is 0 Å². The minimum Gasteiger partial charge on any atom is -0.310 e. The number of hydrogen-bond donors (Lipinski definition) is 0. The van der Waals surface area contributed by atoms with Gasteiger partial charge in [0.15, 0.2) is 0 Å². The van der Waals surface area contributed by atoms with Crippen molar-refractivity contribution in [1.29, 1.82) is 0 Å². The van der Waals surface area contributed by atoms with E-state index in [-0.39, 0.29) is 16.2 Å².